The smallest absolute Gasteiger partial charge is 0.252 e. The Balaban J connectivity index is 1.64. The first-order valence-electron chi connectivity index (χ1n) is 10.2. The zero-order valence-electron chi connectivity index (χ0n) is 17.3. The van der Waals surface area contributed by atoms with Gasteiger partial charge < -0.3 is 20.4 Å². The fourth-order valence-electron chi connectivity index (χ4n) is 4.36. The van der Waals surface area contributed by atoms with Crippen LogP contribution in [-0.2, 0) is 16.1 Å². The highest BCUT2D eigenvalue weighted by Gasteiger charge is 2.60. The van der Waals surface area contributed by atoms with Gasteiger partial charge in [-0.3, -0.25) is 9.59 Å². The zero-order chi connectivity index (χ0) is 21.5. The number of halogens is 1. The van der Waals surface area contributed by atoms with Crippen LogP contribution >= 0.6 is 11.6 Å². The molecular weight excluding hydrogens is 400 g/mol. The van der Waals surface area contributed by atoms with Crippen molar-refractivity contribution in [2.45, 2.75) is 38.4 Å². The molecule has 0 bridgehead atoms. The summed E-state index contributed by atoms with van der Waals surface area (Å²) in [6, 6.07) is 7.39. The number of carbonyl (C=O) groups is 2. The number of rotatable bonds is 4. The minimum absolute atomic E-state index is 0.0113. The van der Waals surface area contributed by atoms with Crippen molar-refractivity contribution >= 4 is 23.4 Å². The Kier molecular flexibility index (Phi) is 5.36. The zero-order valence-corrected chi connectivity index (χ0v) is 18.1. The molecule has 7 heteroatoms. The monoisotopic (exact) mass is 426 g/mol. The lowest BCUT2D eigenvalue weighted by molar-refractivity contribution is -0.179. The number of carbonyl (C=O) groups excluding carboxylic acids is 2. The van der Waals surface area contributed by atoms with Gasteiger partial charge in [-0.25, -0.2) is 0 Å². The summed E-state index contributed by atoms with van der Waals surface area (Å²) >= 11 is 6.01. The first-order valence-corrected chi connectivity index (χ1v) is 10.6. The van der Waals surface area contributed by atoms with E-state index in [4.69, 9.17) is 17.3 Å². The lowest BCUT2D eigenvalue weighted by Gasteiger charge is -2.59. The molecule has 6 nitrogen and oxygen atoms in total. The van der Waals surface area contributed by atoms with Gasteiger partial charge in [0.1, 0.15) is 6.54 Å². The third kappa shape index (κ3) is 3.49. The van der Waals surface area contributed by atoms with Gasteiger partial charge in [-0.2, -0.15) is 0 Å². The standard InChI is InChI=1S/C23H27ClN4O2/c1-16(2)27-13-21(29)28(12-17-8-10-18(24)11-9-17)23(22(27)30)14-26(15-23)20-7-5-3-4-6-19(20)25/h3-5,7-11,16H,6,12-15,25H2,1-2H3. The van der Waals surface area contributed by atoms with Crippen molar-refractivity contribution in [2.75, 3.05) is 19.6 Å². The van der Waals surface area contributed by atoms with Crippen LogP contribution < -0.4 is 5.73 Å². The van der Waals surface area contributed by atoms with Crippen molar-refractivity contribution in [3.63, 3.8) is 0 Å². The summed E-state index contributed by atoms with van der Waals surface area (Å²) in [5.41, 5.74) is 8.04. The maximum absolute atomic E-state index is 13.6. The first kappa shape index (κ1) is 20.5. The van der Waals surface area contributed by atoms with Gasteiger partial charge in [0.05, 0.1) is 18.8 Å². The lowest BCUT2D eigenvalue weighted by Crippen LogP contribution is -2.80. The Bertz CT molecular complexity index is 942. The molecule has 0 radical (unpaired) electrons. The molecule has 2 heterocycles. The van der Waals surface area contributed by atoms with Crippen molar-refractivity contribution in [3.05, 3.63) is 70.5 Å². The van der Waals surface area contributed by atoms with Gasteiger partial charge in [-0.1, -0.05) is 42.0 Å². The predicted octanol–water partition coefficient (Wildman–Crippen LogP) is 2.66. The SMILES string of the molecule is CC(C)N1CC(=O)N(Cc2ccc(Cl)cc2)C2(CN(C3=C(N)CC=CC=C3)C2)C1=O. The summed E-state index contributed by atoms with van der Waals surface area (Å²) in [4.78, 5) is 32.3. The van der Waals surface area contributed by atoms with E-state index in [-0.39, 0.29) is 24.4 Å². The van der Waals surface area contributed by atoms with Gasteiger partial charge in [0.25, 0.3) is 5.91 Å². The number of nitrogens with zero attached hydrogens (tertiary/aromatic N) is 3. The van der Waals surface area contributed by atoms with E-state index >= 15 is 0 Å². The quantitative estimate of drug-likeness (QED) is 0.803. The molecule has 2 saturated heterocycles. The average molecular weight is 427 g/mol. The van der Waals surface area contributed by atoms with E-state index in [2.05, 4.69) is 4.90 Å². The van der Waals surface area contributed by atoms with Crippen LogP contribution in [0.3, 0.4) is 0 Å². The second-order valence-corrected chi connectivity index (χ2v) is 8.86. The van der Waals surface area contributed by atoms with Crippen LogP contribution in [-0.4, -0.2) is 57.7 Å². The second-order valence-electron chi connectivity index (χ2n) is 8.42. The highest BCUT2D eigenvalue weighted by atomic mass is 35.5. The van der Waals surface area contributed by atoms with E-state index in [1.54, 1.807) is 9.80 Å². The number of benzene rings is 1. The summed E-state index contributed by atoms with van der Waals surface area (Å²) in [6.45, 7) is 5.27. The fourth-order valence-corrected chi connectivity index (χ4v) is 4.48. The van der Waals surface area contributed by atoms with E-state index in [0.29, 0.717) is 31.1 Å². The molecule has 0 saturated carbocycles. The Labute approximate surface area is 182 Å². The predicted molar refractivity (Wildman–Crippen MR) is 117 cm³/mol. The highest BCUT2D eigenvalue weighted by Crippen LogP contribution is 2.38. The van der Waals surface area contributed by atoms with Gasteiger partial charge in [0.15, 0.2) is 5.54 Å². The second kappa shape index (κ2) is 7.84. The van der Waals surface area contributed by atoms with Gasteiger partial charge >= 0.3 is 0 Å². The molecule has 0 aromatic heterocycles. The molecule has 0 atom stereocenters. The van der Waals surface area contributed by atoms with Gasteiger partial charge in [0, 0.05) is 29.7 Å². The molecule has 4 rings (SSSR count). The maximum Gasteiger partial charge on any atom is 0.252 e. The third-order valence-electron chi connectivity index (χ3n) is 6.07. The Morgan fingerprint density at radius 3 is 2.50 bits per heavy atom. The minimum atomic E-state index is -0.875. The number of nitrogens with two attached hydrogens (primary N) is 1. The molecule has 1 aliphatic carbocycles. The average Bonchev–Trinajstić information content (AvgIpc) is 2.89. The van der Waals surface area contributed by atoms with Crippen LogP contribution in [0.5, 0.6) is 0 Å². The summed E-state index contributed by atoms with van der Waals surface area (Å²) in [7, 11) is 0. The van der Waals surface area contributed by atoms with Crippen molar-refractivity contribution in [3.8, 4) is 0 Å². The molecule has 3 aliphatic rings. The van der Waals surface area contributed by atoms with Crippen molar-refractivity contribution < 1.29 is 9.59 Å². The Morgan fingerprint density at radius 2 is 1.83 bits per heavy atom. The van der Waals surface area contributed by atoms with E-state index in [1.807, 2.05) is 62.4 Å². The molecule has 30 heavy (non-hydrogen) atoms. The van der Waals surface area contributed by atoms with E-state index < -0.39 is 5.54 Å². The molecule has 2 N–H and O–H groups in total. The molecule has 158 valence electrons. The Hall–Kier alpha value is -2.73. The van der Waals surface area contributed by atoms with Crippen LogP contribution in [0.1, 0.15) is 25.8 Å². The largest absolute Gasteiger partial charge is 0.400 e. The molecule has 1 spiro atoms. The van der Waals surface area contributed by atoms with Crippen LogP contribution in [0.25, 0.3) is 0 Å². The fraction of sp³-hybridized carbons (Fsp3) is 0.391. The molecule has 1 aromatic rings. The van der Waals surface area contributed by atoms with Gasteiger partial charge in [-0.05, 0) is 37.6 Å². The number of amides is 2. The van der Waals surface area contributed by atoms with Crippen molar-refractivity contribution in [2.24, 2.45) is 5.73 Å². The topological polar surface area (TPSA) is 69.9 Å². The summed E-state index contributed by atoms with van der Waals surface area (Å²) in [6.07, 6.45) is 8.59. The molecular formula is C23H27ClN4O2. The number of hydrogen-bond donors (Lipinski definition) is 1. The third-order valence-corrected chi connectivity index (χ3v) is 6.33. The number of likely N-dealkylation sites (tertiary alicyclic amines) is 1. The van der Waals surface area contributed by atoms with E-state index in [0.717, 1.165) is 17.0 Å². The Morgan fingerprint density at radius 1 is 1.13 bits per heavy atom. The highest BCUT2D eigenvalue weighted by molar-refractivity contribution is 6.30. The molecule has 0 unspecified atom stereocenters. The van der Waals surface area contributed by atoms with Gasteiger partial charge in [-0.15, -0.1) is 0 Å². The van der Waals surface area contributed by atoms with Crippen molar-refractivity contribution in [1.82, 2.24) is 14.7 Å². The van der Waals surface area contributed by atoms with Crippen LogP contribution in [0, 0.1) is 0 Å². The summed E-state index contributed by atoms with van der Waals surface area (Å²) in [5.74, 6) is -0.0184. The normalized spacial score (nSPS) is 21.0. The number of allylic oxidation sites excluding steroid dienone is 4. The van der Waals surface area contributed by atoms with Crippen LogP contribution in [0.2, 0.25) is 5.02 Å². The van der Waals surface area contributed by atoms with E-state index in [1.165, 1.54) is 0 Å². The maximum atomic E-state index is 13.6. The molecule has 2 amide bonds. The molecule has 2 fully saturated rings. The first-order chi connectivity index (χ1) is 14.3. The number of hydrogen-bond acceptors (Lipinski definition) is 4. The summed E-state index contributed by atoms with van der Waals surface area (Å²) < 4.78 is 0. The van der Waals surface area contributed by atoms with Crippen LogP contribution in [0.4, 0.5) is 0 Å². The minimum Gasteiger partial charge on any atom is -0.400 e. The summed E-state index contributed by atoms with van der Waals surface area (Å²) in [5, 5.41) is 0.645. The number of piperazine rings is 1. The van der Waals surface area contributed by atoms with Crippen LogP contribution in [0.15, 0.2) is 60.0 Å². The molecule has 1 aromatic carbocycles. The molecule has 2 aliphatic heterocycles. The van der Waals surface area contributed by atoms with E-state index in [9.17, 15) is 9.59 Å². The van der Waals surface area contributed by atoms with Gasteiger partial charge in [0.2, 0.25) is 5.91 Å². The lowest BCUT2D eigenvalue weighted by atomic mass is 9.82. The van der Waals surface area contributed by atoms with Crippen molar-refractivity contribution in [1.29, 1.82) is 0 Å².